The molecule has 1 unspecified atom stereocenters. The first kappa shape index (κ1) is 14.3. The summed E-state index contributed by atoms with van der Waals surface area (Å²) >= 11 is 0. The maximum absolute atomic E-state index is 12.9. The monoisotopic (exact) mass is 299 g/mol. The van der Waals surface area contributed by atoms with Crippen LogP contribution in [0.25, 0.3) is 11.1 Å². The number of fused-ring (bicyclic) bond motifs is 1. The molecule has 1 amide bonds. The maximum atomic E-state index is 12.9. The Morgan fingerprint density at radius 1 is 1.36 bits per heavy atom. The number of carbonyl (C=O) groups excluding carboxylic acids is 1. The van der Waals surface area contributed by atoms with Gasteiger partial charge in [0.2, 0.25) is 0 Å². The van der Waals surface area contributed by atoms with Crippen LogP contribution in [0.4, 0.5) is 0 Å². The Morgan fingerprint density at radius 3 is 2.82 bits per heavy atom. The van der Waals surface area contributed by atoms with Crippen LogP contribution >= 0.6 is 0 Å². The number of carbonyl (C=O) groups is 1. The summed E-state index contributed by atoms with van der Waals surface area (Å²) < 4.78 is 10.6. The third kappa shape index (κ3) is 2.26. The second-order valence-electron chi connectivity index (χ2n) is 5.37. The molecule has 0 radical (unpaired) electrons. The van der Waals surface area contributed by atoms with Gasteiger partial charge in [0.15, 0.2) is 0 Å². The molecule has 0 aromatic carbocycles. The standard InChI is InChI=1S/C16H17N3O3/c1-9-8-12(14-10(2)18-22-15(14)17-9)16(20)19(4)11(3)13-6-5-7-21-13/h5-8,11H,1-4H3. The van der Waals surface area contributed by atoms with E-state index in [-0.39, 0.29) is 11.9 Å². The van der Waals surface area contributed by atoms with Crippen molar-refractivity contribution in [1.29, 1.82) is 0 Å². The lowest BCUT2D eigenvalue weighted by Gasteiger charge is -2.23. The van der Waals surface area contributed by atoms with Crippen LogP contribution in [-0.2, 0) is 0 Å². The number of hydrogen-bond acceptors (Lipinski definition) is 5. The van der Waals surface area contributed by atoms with Gasteiger partial charge in [0.1, 0.15) is 5.76 Å². The van der Waals surface area contributed by atoms with E-state index in [1.165, 1.54) is 0 Å². The first-order valence-corrected chi connectivity index (χ1v) is 7.03. The first-order chi connectivity index (χ1) is 10.5. The minimum Gasteiger partial charge on any atom is -0.467 e. The van der Waals surface area contributed by atoms with Gasteiger partial charge in [0.05, 0.1) is 28.9 Å². The molecule has 1 atom stereocenters. The van der Waals surface area contributed by atoms with Gasteiger partial charge in [-0.25, -0.2) is 4.98 Å². The summed E-state index contributed by atoms with van der Waals surface area (Å²) in [5.41, 5.74) is 2.30. The van der Waals surface area contributed by atoms with E-state index in [1.807, 2.05) is 26.0 Å². The third-order valence-corrected chi connectivity index (χ3v) is 3.83. The molecule has 114 valence electrons. The molecule has 0 N–H and O–H groups in total. The molecular formula is C16H17N3O3. The highest BCUT2D eigenvalue weighted by Crippen LogP contribution is 2.26. The van der Waals surface area contributed by atoms with Gasteiger partial charge < -0.3 is 13.8 Å². The molecule has 6 heteroatoms. The van der Waals surface area contributed by atoms with Gasteiger partial charge in [0.25, 0.3) is 11.6 Å². The number of amides is 1. The summed E-state index contributed by atoms with van der Waals surface area (Å²) in [6.45, 7) is 5.54. The van der Waals surface area contributed by atoms with Gasteiger partial charge in [0, 0.05) is 12.7 Å². The predicted octanol–water partition coefficient (Wildman–Crippen LogP) is 3.27. The molecule has 3 rings (SSSR count). The van der Waals surface area contributed by atoms with E-state index in [0.29, 0.717) is 28.1 Å². The molecule has 0 saturated heterocycles. The number of aromatic nitrogens is 2. The minimum absolute atomic E-state index is 0.120. The molecule has 3 aromatic heterocycles. The molecule has 3 aromatic rings. The number of rotatable bonds is 3. The van der Waals surface area contributed by atoms with Gasteiger partial charge in [-0.2, -0.15) is 0 Å². The molecule has 0 aliphatic rings. The van der Waals surface area contributed by atoms with Gasteiger partial charge in [-0.3, -0.25) is 4.79 Å². The molecule has 3 heterocycles. The molecule has 0 aliphatic heterocycles. The highest BCUT2D eigenvalue weighted by atomic mass is 16.5. The summed E-state index contributed by atoms with van der Waals surface area (Å²) in [4.78, 5) is 18.8. The maximum Gasteiger partial charge on any atom is 0.258 e. The fourth-order valence-electron chi connectivity index (χ4n) is 2.47. The molecule has 0 aliphatic carbocycles. The Morgan fingerprint density at radius 2 is 2.14 bits per heavy atom. The summed E-state index contributed by atoms with van der Waals surface area (Å²) in [5, 5.41) is 4.57. The zero-order chi connectivity index (χ0) is 15.9. The Kier molecular flexibility index (Phi) is 3.44. The number of nitrogens with zero attached hydrogens (tertiary/aromatic N) is 3. The van der Waals surface area contributed by atoms with Crippen molar-refractivity contribution in [2.24, 2.45) is 0 Å². The van der Waals surface area contributed by atoms with Crippen molar-refractivity contribution >= 4 is 17.0 Å². The summed E-state index contributed by atoms with van der Waals surface area (Å²) in [6, 6.07) is 5.25. The minimum atomic E-state index is -0.175. The van der Waals surface area contributed by atoms with E-state index in [4.69, 9.17) is 8.94 Å². The van der Waals surface area contributed by atoms with Crippen molar-refractivity contribution in [2.75, 3.05) is 7.05 Å². The normalized spacial score (nSPS) is 12.5. The van der Waals surface area contributed by atoms with Gasteiger partial charge in [-0.05, 0) is 39.0 Å². The van der Waals surface area contributed by atoms with Crippen molar-refractivity contribution in [2.45, 2.75) is 26.8 Å². The zero-order valence-corrected chi connectivity index (χ0v) is 13.0. The lowest BCUT2D eigenvalue weighted by atomic mass is 10.1. The molecule has 0 saturated carbocycles. The lowest BCUT2D eigenvalue weighted by Crippen LogP contribution is -2.29. The Labute approximate surface area is 127 Å². The molecule has 0 bridgehead atoms. The second-order valence-corrected chi connectivity index (χ2v) is 5.37. The van der Waals surface area contributed by atoms with E-state index < -0.39 is 0 Å². The van der Waals surface area contributed by atoms with Crippen molar-refractivity contribution in [3.05, 3.63) is 47.2 Å². The van der Waals surface area contributed by atoms with Crippen molar-refractivity contribution in [3.63, 3.8) is 0 Å². The van der Waals surface area contributed by atoms with E-state index in [2.05, 4.69) is 10.1 Å². The summed E-state index contributed by atoms with van der Waals surface area (Å²) in [7, 11) is 1.75. The van der Waals surface area contributed by atoms with Crippen LogP contribution in [0.5, 0.6) is 0 Å². The van der Waals surface area contributed by atoms with Crippen LogP contribution in [0.1, 0.15) is 40.5 Å². The smallest absolute Gasteiger partial charge is 0.258 e. The summed E-state index contributed by atoms with van der Waals surface area (Å²) in [6.07, 6.45) is 1.60. The molecular weight excluding hydrogens is 282 g/mol. The van der Waals surface area contributed by atoms with Crippen molar-refractivity contribution < 1.29 is 13.7 Å². The average Bonchev–Trinajstić information content (AvgIpc) is 3.14. The second kappa shape index (κ2) is 5.29. The SMILES string of the molecule is Cc1cc(C(=O)N(C)C(C)c2ccco2)c2c(C)noc2n1. The zero-order valence-electron chi connectivity index (χ0n) is 13.0. The predicted molar refractivity (Wildman–Crippen MR) is 80.5 cm³/mol. The molecule has 0 spiro atoms. The third-order valence-electron chi connectivity index (χ3n) is 3.83. The Hall–Kier alpha value is -2.63. The van der Waals surface area contributed by atoms with Crippen LogP contribution in [-0.4, -0.2) is 28.0 Å². The molecule has 0 fully saturated rings. The largest absolute Gasteiger partial charge is 0.467 e. The van der Waals surface area contributed by atoms with Crippen LogP contribution in [0, 0.1) is 13.8 Å². The highest BCUT2D eigenvalue weighted by Gasteiger charge is 2.25. The first-order valence-electron chi connectivity index (χ1n) is 7.03. The molecule has 6 nitrogen and oxygen atoms in total. The number of furan rings is 1. The average molecular weight is 299 g/mol. The Balaban J connectivity index is 2.03. The van der Waals surface area contributed by atoms with E-state index >= 15 is 0 Å². The lowest BCUT2D eigenvalue weighted by molar-refractivity contribution is 0.0728. The molecule has 22 heavy (non-hydrogen) atoms. The van der Waals surface area contributed by atoms with Crippen LogP contribution < -0.4 is 0 Å². The van der Waals surface area contributed by atoms with E-state index in [9.17, 15) is 4.79 Å². The fourth-order valence-corrected chi connectivity index (χ4v) is 2.47. The number of pyridine rings is 1. The fraction of sp³-hybridized carbons (Fsp3) is 0.312. The van der Waals surface area contributed by atoms with Crippen LogP contribution in [0.15, 0.2) is 33.4 Å². The van der Waals surface area contributed by atoms with Gasteiger partial charge in [-0.15, -0.1) is 0 Å². The summed E-state index contributed by atoms with van der Waals surface area (Å²) in [5.74, 6) is 0.616. The van der Waals surface area contributed by atoms with Crippen molar-refractivity contribution in [3.8, 4) is 0 Å². The van der Waals surface area contributed by atoms with Gasteiger partial charge in [-0.1, -0.05) is 5.16 Å². The van der Waals surface area contributed by atoms with Crippen LogP contribution in [0.3, 0.4) is 0 Å². The number of aryl methyl sites for hydroxylation is 2. The quantitative estimate of drug-likeness (QED) is 0.742. The Bertz CT molecular complexity index is 821. The highest BCUT2D eigenvalue weighted by molar-refractivity contribution is 6.06. The van der Waals surface area contributed by atoms with Gasteiger partial charge >= 0.3 is 0 Å². The van der Waals surface area contributed by atoms with Crippen molar-refractivity contribution in [1.82, 2.24) is 15.0 Å². The van der Waals surface area contributed by atoms with E-state index in [1.54, 1.807) is 31.2 Å². The number of hydrogen-bond donors (Lipinski definition) is 0. The topological polar surface area (TPSA) is 72.4 Å². The van der Waals surface area contributed by atoms with Crippen LogP contribution in [0.2, 0.25) is 0 Å². The van der Waals surface area contributed by atoms with E-state index in [0.717, 1.165) is 5.76 Å².